The predicted molar refractivity (Wildman–Crippen MR) is 86.4 cm³/mol. The van der Waals surface area contributed by atoms with E-state index >= 15 is 0 Å². The lowest BCUT2D eigenvalue weighted by molar-refractivity contribution is -0.0498. The Hall–Kier alpha value is -1.73. The molecule has 1 N–H and O–H groups in total. The Bertz CT molecular complexity index is 517. The average molecular weight is 342 g/mol. The number of benzene rings is 1. The zero-order valence-corrected chi connectivity index (χ0v) is 14.0. The standard InChI is InChI=1S/C17H24F2N2O3/c1-12(2)15(21-7-9-23-10-8-21)11-20-16(22)13-3-5-14(6-4-13)24-17(18)19/h3-6,12,15,17H,7-11H2,1-2H3,(H,20,22). The molecule has 1 aromatic carbocycles. The lowest BCUT2D eigenvalue weighted by Gasteiger charge is -2.36. The molecule has 1 aliphatic heterocycles. The number of morpholine rings is 1. The van der Waals surface area contributed by atoms with Gasteiger partial charge >= 0.3 is 6.61 Å². The molecule has 1 atom stereocenters. The SMILES string of the molecule is CC(C)C(CNC(=O)c1ccc(OC(F)F)cc1)N1CCOCC1. The van der Waals surface area contributed by atoms with E-state index in [9.17, 15) is 13.6 Å². The molecule has 1 fully saturated rings. The molecule has 0 aliphatic carbocycles. The van der Waals surface area contributed by atoms with Crippen LogP contribution in [0.3, 0.4) is 0 Å². The number of carbonyl (C=O) groups is 1. The summed E-state index contributed by atoms with van der Waals surface area (Å²) >= 11 is 0. The molecule has 0 aromatic heterocycles. The number of ether oxygens (including phenoxy) is 2. The number of hydrogen-bond acceptors (Lipinski definition) is 4. The zero-order chi connectivity index (χ0) is 17.5. The van der Waals surface area contributed by atoms with Crippen LogP contribution in [0.1, 0.15) is 24.2 Å². The Morgan fingerprint density at radius 1 is 1.25 bits per heavy atom. The Balaban J connectivity index is 1.90. The quantitative estimate of drug-likeness (QED) is 0.827. The van der Waals surface area contributed by atoms with Crippen LogP contribution in [0.25, 0.3) is 0 Å². The molecule has 0 saturated carbocycles. The van der Waals surface area contributed by atoms with Crippen molar-refractivity contribution in [3.8, 4) is 5.75 Å². The monoisotopic (exact) mass is 342 g/mol. The third-order valence-electron chi connectivity index (χ3n) is 4.10. The number of hydrogen-bond donors (Lipinski definition) is 1. The first-order valence-corrected chi connectivity index (χ1v) is 8.12. The van der Waals surface area contributed by atoms with Crippen LogP contribution < -0.4 is 10.1 Å². The van der Waals surface area contributed by atoms with Crippen LogP contribution in [-0.2, 0) is 4.74 Å². The number of nitrogens with one attached hydrogen (secondary N) is 1. The van der Waals surface area contributed by atoms with Gasteiger partial charge in [0.2, 0.25) is 0 Å². The molecule has 1 aliphatic rings. The number of rotatable bonds is 7. The summed E-state index contributed by atoms with van der Waals surface area (Å²) in [5.74, 6) is 0.206. The first-order valence-electron chi connectivity index (χ1n) is 8.12. The third-order valence-corrected chi connectivity index (χ3v) is 4.10. The molecular formula is C17H24F2N2O3. The minimum Gasteiger partial charge on any atom is -0.435 e. The second kappa shape index (κ2) is 8.94. The maximum atomic E-state index is 12.2. The van der Waals surface area contributed by atoms with Gasteiger partial charge in [0.25, 0.3) is 5.91 Å². The van der Waals surface area contributed by atoms with Gasteiger partial charge in [0, 0.05) is 31.2 Å². The molecule has 24 heavy (non-hydrogen) atoms. The maximum Gasteiger partial charge on any atom is 0.387 e. The fourth-order valence-electron chi connectivity index (χ4n) is 2.78. The van der Waals surface area contributed by atoms with E-state index in [1.165, 1.54) is 24.3 Å². The molecular weight excluding hydrogens is 318 g/mol. The number of nitrogens with zero attached hydrogens (tertiary/aromatic N) is 1. The van der Waals surface area contributed by atoms with Gasteiger partial charge in [0.1, 0.15) is 5.75 Å². The lowest BCUT2D eigenvalue weighted by Crippen LogP contribution is -2.51. The van der Waals surface area contributed by atoms with Gasteiger partial charge < -0.3 is 14.8 Å². The van der Waals surface area contributed by atoms with E-state index in [4.69, 9.17) is 4.74 Å². The van der Waals surface area contributed by atoms with Gasteiger partial charge in [-0.1, -0.05) is 13.8 Å². The van der Waals surface area contributed by atoms with Crippen LogP contribution in [0.4, 0.5) is 8.78 Å². The summed E-state index contributed by atoms with van der Waals surface area (Å²) in [4.78, 5) is 14.6. The second-order valence-corrected chi connectivity index (χ2v) is 6.07. The van der Waals surface area contributed by atoms with E-state index in [-0.39, 0.29) is 17.7 Å². The van der Waals surface area contributed by atoms with E-state index < -0.39 is 6.61 Å². The van der Waals surface area contributed by atoms with E-state index in [2.05, 4.69) is 28.8 Å². The van der Waals surface area contributed by atoms with E-state index in [0.717, 1.165) is 13.1 Å². The van der Waals surface area contributed by atoms with Crippen LogP contribution in [-0.4, -0.2) is 56.3 Å². The molecule has 1 saturated heterocycles. The minimum atomic E-state index is -2.87. The molecule has 2 rings (SSSR count). The molecule has 0 bridgehead atoms. The number of halogens is 2. The van der Waals surface area contributed by atoms with Crippen molar-refractivity contribution in [3.05, 3.63) is 29.8 Å². The normalized spacial score (nSPS) is 17.1. The first-order chi connectivity index (χ1) is 11.5. The summed E-state index contributed by atoms with van der Waals surface area (Å²) in [7, 11) is 0. The summed E-state index contributed by atoms with van der Waals surface area (Å²) in [6.07, 6.45) is 0. The number of alkyl halides is 2. The van der Waals surface area contributed by atoms with Gasteiger partial charge in [-0.15, -0.1) is 0 Å². The molecule has 134 valence electrons. The second-order valence-electron chi connectivity index (χ2n) is 6.07. The van der Waals surface area contributed by atoms with Crippen molar-refractivity contribution < 1.29 is 23.0 Å². The van der Waals surface area contributed by atoms with Gasteiger partial charge in [-0.2, -0.15) is 8.78 Å². The Morgan fingerprint density at radius 2 is 1.88 bits per heavy atom. The smallest absolute Gasteiger partial charge is 0.387 e. The lowest BCUT2D eigenvalue weighted by atomic mass is 10.0. The van der Waals surface area contributed by atoms with Crippen molar-refractivity contribution in [3.63, 3.8) is 0 Å². The van der Waals surface area contributed by atoms with Crippen LogP contribution >= 0.6 is 0 Å². The van der Waals surface area contributed by atoms with Crippen LogP contribution in [0.2, 0.25) is 0 Å². The number of amides is 1. The molecule has 5 nitrogen and oxygen atoms in total. The summed E-state index contributed by atoms with van der Waals surface area (Å²) in [6.45, 7) is 5.06. The molecule has 0 spiro atoms. The maximum absolute atomic E-state index is 12.2. The van der Waals surface area contributed by atoms with Gasteiger partial charge in [0.05, 0.1) is 13.2 Å². The molecule has 1 aromatic rings. The Labute approximate surface area is 140 Å². The van der Waals surface area contributed by atoms with E-state index in [1.54, 1.807) is 0 Å². The van der Waals surface area contributed by atoms with Crippen LogP contribution in [0, 0.1) is 5.92 Å². The van der Waals surface area contributed by atoms with Crippen LogP contribution in [0.15, 0.2) is 24.3 Å². The molecule has 7 heteroatoms. The molecule has 1 unspecified atom stereocenters. The van der Waals surface area contributed by atoms with Crippen molar-refractivity contribution in [2.75, 3.05) is 32.8 Å². The zero-order valence-electron chi connectivity index (χ0n) is 14.0. The van der Waals surface area contributed by atoms with Crippen LogP contribution in [0.5, 0.6) is 5.75 Å². The first kappa shape index (κ1) is 18.6. The fourth-order valence-corrected chi connectivity index (χ4v) is 2.78. The largest absolute Gasteiger partial charge is 0.435 e. The Kier molecular flexibility index (Phi) is 6.93. The fraction of sp³-hybridized carbons (Fsp3) is 0.588. The van der Waals surface area contributed by atoms with Gasteiger partial charge in [0.15, 0.2) is 0 Å². The number of carbonyl (C=O) groups excluding carboxylic acids is 1. The van der Waals surface area contributed by atoms with E-state index in [1.807, 2.05) is 0 Å². The highest BCUT2D eigenvalue weighted by Gasteiger charge is 2.24. The molecule has 0 radical (unpaired) electrons. The predicted octanol–water partition coefficient (Wildman–Crippen LogP) is 2.37. The van der Waals surface area contributed by atoms with Gasteiger partial charge in [-0.3, -0.25) is 9.69 Å². The summed E-state index contributed by atoms with van der Waals surface area (Å²) in [5, 5.41) is 2.93. The minimum absolute atomic E-state index is 0.0370. The summed E-state index contributed by atoms with van der Waals surface area (Å²) in [6, 6.07) is 5.92. The Morgan fingerprint density at radius 3 is 2.42 bits per heavy atom. The average Bonchev–Trinajstić information content (AvgIpc) is 2.55. The van der Waals surface area contributed by atoms with Gasteiger partial charge in [-0.05, 0) is 30.2 Å². The van der Waals surface area contributed by atoms with Crippen molar-refractivity contribution in [2.45, 2.75) is 26.5 Å². The third kappa shape index (κ3) is 5.42. The van der Waals surface area contributed by atoms with Crippen molar-refractivity contribution in [1.82, 2.24) is 10.2 Å². The summed E-state index contributed by atoms with van der Waals surface area (Å²) in [5.41, 5.74) is 0.418. The topological polar surface area (TPSA) is 50.8 Å². The highest BCUT2D eigenvalue weighted by atomic mass is 19.3. The highest BCUT2D eigenvalue weighted by Crippen LogP contribution is 2.16. The van der Waals surface area contributed by atoms with Crippen molar-refractivity contribution >= 4 is 5.91 Å². The highest BCUT2D eigenvalue weighted by molar-refractivity contribution is 5.94. The summed E-state index contributed by atoms with van der Waals surface area (Å²) < 4.78 is 33.9. The van der Waals surface area contributed by atoms with Crippen molar-refractivity contribution in [2.24, 2.45) is 5.92 Å². The molecule has 1 heterocycles. The van der Waals surface area contributed by atoms with E-state index in [0.29, 0.717) is 31.2 Å². The molecule has 1 amide bonds. The van der Waals surface area contributed by atoms with Gasteiger partial charge in [-0.25, -0.2) is 0 Å². The van der Waals surface area contributed by atoms with Crippen molar-refractivity contribution in [1.29, 1.82) is 0 Å².